The van der Waals surface area contributed by atoms with Crippen molar-refractivity contribution >= 4 is 33.4 Å². The normalized spacial score (nSPS) is 20.6. The zero-order valence-corrected chi connectivity index (χ0v) is 16.6. The Morgan fingerprint density at radius 2 is 2.03 bits per heavy atom. The molecule has 1 aromatic carbocycles. The molecule has 0 aliphatic carbocycles. The van der Waals surface area contributed by atoms with Gasteiger partial charge in [0.2, 0.25) is 28.9 Å². The van der Waals surface area contributed by atoms with Crippen molar-refractivity contribution in [3.8, 4) is 11.5 Å². The Morgan fingerprint density at radius 1 is 1.17 bits per heavy atom. The van der Waals surface area contributed by atoms with Gasteiger partial charge in [-0.05, 0) is 37.0 Å². The summed E-state index contributed by atoms with van der Waals surface area (Å²) >= 11 is 1.38. The number of nitrogens with zero attached hydrogens (tertiary/aromatic N) is 4. The molecule has 1 unspecified atom stereocenters. The highest BCUT2D eigenvalue weighted by Crippen LogP contribution is 2.34. The van der Waals surface area contributed by atoms with E-state index in [1.165, 1.54) is 11.3 Å². The fourth-order valence-electron chi connectivity index (χ4n) is 3.91. The molecule has 152 valence electrons. The van der Waals surface area contributed by atoms with Gasteiger partial charge in [0, 0.05) is 26.1 Å². The van der Waals surface area contributed by atoms with E-state index in [0.29, 0.717) is 35.5 Å². The largest absolute Gasteiger partial charge is 0.454 e. The van der Waals surface area contributed by atoms with Gasteiger partial charge < -0.3 is 19.7 Å². The molecule has 0 bridgehead atoms. The van der Waals surface area contributed by atoms with Crippen LogP contribution in [-0.4, -0.2) is 47.9 Å². The number of carbonyl (C=O) groups excluding carboxylic acids is 2. The van der Waals surface area contributed by atoms with Crippen LogP contribution in [0.3, 0.4) is 0 Å². The summed E-state index contributed by atoms with van der Waals surface area (Å²) in [5.74, 6) is 1.49. The first-order chi connectivity index (χ1) is 14.2. The molecule has 10 heteroatoms. The fraction of sp³-hybridized carbons (Fsp3) is 0.474. The van der Waals surface area contributed by atoms with E-state index in [-0.39, 0.29) is 24.6 Å². The third kappa shape index (κ3) is 3.48. The van der Waals surface area contributed by atoms with Gasteiger partial charge in [0.1, 0.15) is 6.04 Å². The maximum absolute atomic E-state index is 12.8. The molecule has 0 saturated carbocycles. The number of ether oxygens (including phenoxy) is 2. The summed E-state index contributed by atoms with van der Waals surface area (Å²) in [7, 11) is 0. The lowest BCUT2D eigenvalue weighted by molar-refractivity contribution is -0.122. The summed E-state index contributed by atoms with van der Waals surface area (Å²) in [6, 6.07) is 5.39. The van der Waals surface area contributed by atoms with Crippen LogP contribution in [0.25, 0.3) is 0 Å². The zero-order valence-electron chi connectivity index (χ0n) is 15.8. The van der Waals surface area contributed by atoms with Crippen molar-refractivity contribution in [1.29, 1.82) is 0 Å². The standard InChI is InChI=1S/C19H21N5O4S/c25-16-4-2-8-24(16)19-22-21-18(29-19)23-7-1-3-13(23)17(26)20-10-12-5-6-14-15(9-12)28-11-27-14/h5-6,9,13H,1-4,7-8,10-11H2,(H,20,26). The predicted molar refractivity (Wildman–Crippen MR) is 106 cm³/mol. The Balaban J connectivity index is 1.24. The van der Waals surface area contributed by atoms with Crippen LogP contribution >= 0.6 is 11.3 Å². The molecule has 2 fully saturated rings. The Hall–Kier alpha value is -2.88. The van der Waals surface area contributed by atoms with E-state index >= 15 is 0 Å². The third-order valence-electron chi connectivity index (χ3n) is 5.41. The zero-order chi connectivity index (χ0) is 19.8. The lowest BCUT2D eigenvalue weighted by atomic mass is 10.1. The molecular weight excluding hydrogens is 394 g/mol. The molecule has 1 aromatic heterocycles. The van der Waals surface area contributed by atoms with Gasteiger partial charge >= 0.3 is 0 Å². The molecule has 5 rings (SSSR count). The second-order valence-corrected chi connectivity index (χ2v) is 8.21. The monoisotopic (exact) mass is 415 g/mol. The van der Waals surface area contributed by atoms with Crippen LogP contribution < -0.4 is 24.6 Å². The van der Waals surface area contributed by atoms with Crippen LogP contribution in [0, 0.1) is 0 Å². The van der Waals surface area contributed by atoms with Crippen molar-refractivity contribution in [1.82, 2.24) is 15.5 Å². The van der Waals surface area contributed by atoms with E-state index in [1.807, 2.05) is 23.1 Å². The minimum Gasteiger partial charge on any atom is -0.454 e. The SMILES string of the molecule is O=C(NCc1ccc2c(c1)OCO2)C1CCCN1c1nnc(N2CCCC2=O)s1. The highest BCUT2D eigenvalue weighted by Gasteiger charge is 2.34. The van der Waals surface area contributed by atoms with Gasteiger partial charge in [0.25, 0.3) is 0 Å². The van der Waals surface area contributed by atoms with Crippen LogP contribution in [0.5, 0.6) is 11.5 Å². The summed E-state index contributed by atoms with van der Waals surface area (Å²) < 4.78 is 10.7. The second kappa shape index (κ2) is 7.51. The molecule has 0 radical (unpaired) electrons. The highest BCUT2D eigenvalue weighted by atomic mass is 32.1. The maximum atomic E-state index is 12.8. The topological polar surface area (TPSA) is 96.9 Å². The van der Waals surface area contributed by atoms with Gasteiger partial charge in [0.05, 0.1) is 0 Å². The first-order valence-corrected chi connectivity index (χ1v) is 10.6. The van der Waals surface area contributed by atoms with Gasteiger partial charge in [-0.2, -0.15) is 0 Å². The van der Waals surface area contributed by atoms with Crippen molar-refractivity contribution < 1.29 is 19.1 Å². The van der Waals surface area contributed by atoms with E-state index in [0.717, 1.165) is 37.1 Å². The van der Waals surface area contributed by atoms with Crippen molar-refractivity contribution in [3.05, 3.63) is 23.8 Å². The number of benzene rings is 1. The van der Waals surface area contributed by atoms with Crippen molar-refractivity contribution in [2.24, 2.45) is 0 Å². The van der Waals surface area contributed by atoms with Crippen LogP contribution in [0.15, 0.2) is 18.2 Å². The Kier molecular flexibility index (Phi) is 4.70. The number of aromatic nitrogens is 2. The molecule has 3 aliphatic rings. The van der Waals surface area contributed by atoms with Crippen molar-refractivity contribution in [3.63, 3.8) is 0 Å². The Morgan fingerprint density at radius 3 is 2.90 bits per heavy atom. The molecule has 4 heterocycles. The smallest absolute Gasteiger partial charge is 0.243 e. The highest BCUT2D eigenvalue weighted by molar-refractivity contribution is 7.19. The number of rotatable bonds is 5. The van der Waals surface area contributed by atoms with E-state index in [9.17, 15) is 9.59 Å². The Labute approximate surface area is 171 Å². The first-order valence-electron chi connectivity index (χ1n) is 9.76. The van der Waals surface area contributed by atoms with E-state index < -0.39 is 0 Å². The average molecular weight is 415 g/mol. The van der Waals surface area contributed by atoms with Gasteiger partial charge in [-0.15, -0.1) is 10.2 Å². The van der Waals surface area contributed by atoms with Gasteiger partial charge in [-0.1, -0.05) is 17.4 Å². The first kappa shape index (κ1) is 18.2. The molecule has 9 nitrogen and oxygen atoms in total. The number of amides is 2. The summed E-state index contributed by atoms with van der Waals surface area (Å²) in [4.78, 5) is 28.5. The average Bonchev–Trinajstić information content (AvgIpc) is 3.51. The molecule has 2 saturated heterocycles. The van der Waals surface area contributed by atoms with Crippen LogP contribution in [-0.2, 0) is 16.1 Å². The third-order valence-corrected chi connectivity index (χ3v) is 6.40. The number of hydrogen-bond donors (Lipinski definition) is 1. The quantitative estimate of drug-likeness (QED) is 0.794. The molecule has 0 spiro atoms. The van der Waals surface area contributed by atoms with E-state index in [4.69, 9.17) is 9.47 Å². The van der Waals surface area contributed by atoms with Crippen LogP contribution in [0.4, 0.5) is 10.3 Å². The molecule has 1 atom stereocenters. The maximum Gasteiger partial charge on any atom is 0.243 e. The fourth-order valence-corrected chi connectivity index (χ4v) is 4.88. The number of hydrogen-bond acceptors (Lipinski definition) is 8. The van der Waals surface area contributed by atoms with Crippen LogP contribution in [0.1, 0.15) is 31.2 Å². The molecule has 29 heavy (non-hydrogen) atoms. The van der Waals surface area contributed by atoms with Gasteiger partial charge in [-0.25, -0.2) is 0 Å². The van der Waals surface area contributed by atoms with Crippen molar-refractivity contribution in [2.45, 2.75) is 38.3 Å². The number of nitrogens with one attached hydrogen (secondary N) is 1. The van der Waals surface area contributed by atoms with Gasteiger partial charge in [0.15, 0.2) is 11.5 Å². The Bertz CT molecular complexity index is 948. The van der Waals surface area contributed by atoms with E-state index in [1.54, 1.807) is 4.90 Å². The van der Waals surface area contributed by atoms with Crippen LogP contribution in [0.2, 0.25) is 0 Å². The molecule has 2 aromatic rings. The summed E-state index contributed by atoms with van der Waals surface area (Å²) in [6.45, 7) is 2.09. The molecule has 1 N–H and O–H groups in total. The van der Waals surface area contributed by atoms with E-state index in [2.05, 4.69) is 15.5 Å². The minimum atomic E-state index is -0.279. The summed E-state index contributed by atoms with van der Waals surface area (Å²) in [5, 5.41) is 12.8. The molecule has 2 amide bonds. The second-order valence-electron chi connectivity index (χ2n) is 7.27. The minimum absolute atomic E-state index is 0.0332. The molecule has 3 aliphatic heterocycles. The van der Waals surface area contributed by atoms with Crippen molar-refractivity contribution in [2.75, 3.05) is 29.7 Å². The lowest BCUT2D eigenvalue weighted by Crippen LogP contribution is -2.43. The molecular formula is C19H21N5O4S. The predicted octanol–water partition coefficient (Wildman–Crippen LogP) is 1.68. The number of fused-ring (bicyclic) bond motifs is 1. The number of anilines is 2. The summed E-state index contributed by atoms with van der Waals surface area (Å²) in [5.41, 5.74) is 0.956. The lowest BCUT2D eigenvalue weighted by Gasteiger charge is -2.22. The van der Waals surface area contributed by atoms with Gasteiger partial charge in [-0.3, -0.25) is 14.5 Å². The number of carbonyl (C=O) groups is 2. The summed E-state index contributed by atoms with van der Waals surface area (Å²) in [6.07, 6.45) is 3.09.